The first-order chi connectivity index (χ1) is 9.79. The second-order valence-corrected chi connectivity index (χ2v) is 6.16. The molecule has 0 aliphatic carbocycles. The SMILES string of the molecule is CC(CCS(C)=O)NC(=O)Nc1ccc(O)cc1C(=O)O. The van der Waals surface area contributed by atoms with Crippen LogP contribution in [0.5, 0.6) is 5.75 Å². The first-order valence-electron chi connectivity index (χ1n) is 6.23. The third kappa shape index (κ3) is 5.82. The Hall–Kier alpha value is -2.09. The summed E-state index contributed by atoms with van der Waals surface area (Å²) in [6, 6.07) is 2.90. The lowest BCUT2D eigenvalue weighted by atomic mass is 10.1. The number of carboxylic acids is 1. The Labute approximate surface area is 124 Å². The van der Waals surface area contributed by atoms with Gasteiger partial charge in [-0.25, -0.2) is 9.59 Å². The van der Waals surface area contributed by atoms with Crippen LogP contribution in [0.3, 0.4) is 0 Å². The molecule has 8 heteroatoms. The van der Waals surface area contributed by atoms with Crippen molar-refractivity contribution in [2.75, 3.05) is 17.3 Å². The topological polar surface area (TPSA) is 116 Å². The molecule has 0 fully saturated rings. The number of phenols is 1. The van der Waals surface area contributed by atoms with Crippen LogP contribution in [0.4, 0.5) is 10.5 Å². The third-order valence-corrected chi connectivity index (χ3v) is 3.51. The molecule has 0 spiro atoms. The maximum atomic E-state index is 11.8. The van der Waals surface area contributed by atoms with E-state index in [9.17, 15) is 18.9 Å². The predicted molar refractivity (Wildman–Crippen MR) is 80.2 cm³/mol. The van der Waals surface area contributed by atoms with E-state index in [1.165, 1.54) is 12.1 Å². The summed E-state index contributed by atoms with van der Waals surface area (Å²) in [5, 5.41) is 23.3. The molecule has 1 aromatic carbocycles. The standard InChI is InChI=1S/C13H18N2O5S/c1-8(5-6-21(2)20)14-13(19)15-11-4-3-9(16)7-10(11)12(17)18/h3-4,7-8,16H,5-6H2,1-2H3,(H,17,18)(H2,14,15,19). The van der Waals surface area contributed by atoms with Crippen molar-refractivity contribution in [1.82, 2.24) is 5.32 Å². The number of hydrogen-bond acceptors (Lipinski definition) is 4. The molecular weight excluding hydrogens is 296 g/mol. The molecule has 21 heavy (non-hydrogen) atoms. The molecule has 7 nitrogen and oxygen atoms in total. The van der Waals surface area contributed by atoms with Crippen LogP contribution >= 0.6 is 0 Å². The van der Waals surface area contributed by atoms with Gasteiger partial charge in [0.25, 0.3) is 0 Å². The maximum Gasteiger partial charge on any atom is 0.337 e. The minimum Gasteiger partial charge on any atom is -0.508 e. The molecule has 0 aliphatic heterocycles. The van der Waals surface area contributed by atoms with Gasteiger partial charge in [-0.1, -0.05) is 0 Å². The van der Waals surface area contributed by atoms with Crippen molar-refractivity contribution in [2.24, 2.45) is 0 Å². The largest absolute Gasteiger partial charge is 0.508 e. The molecule has 0 aliphatic rings. The van der Waals surface area contributed by atoms with Gasteiger partial charge in [-0.2, -0.15) is 0 Å². The molecule has 0 bridgehead atoms. The van der Waals surface area contributed by atoms with Crippen LogP contribution in [0.15, 0.2) is 18.2 Å². The molecule has 2 amide bonds. The van der Waals surface area contributed by atoms with Gasteiger partial charge in [-0.15, -0.1) is 0 Å². The number of rotatable bonds is 6. The van der Waals surface area contributed by atoms with Crippen molar-refractivity contribution < 1.29 is 24.0 Å². The van der Waals surface area contributed by atoms with Crippen molar-refractivity contribution in [2.45, 2.75) is 19.4 Å². The lowest BCUT2D eigenvalue weighted by molar-refractivity contribution is 0.0697. The van der Waals surface area contributed by atoms with E-state index in [2.05, 4.69) is 10.6 Å². The fraction of sp³-hybridized carbons (Fsp3) is 0.385. The Morgan fingerprint density at radius 1 is 1.38 bits per heavy atom. The van der Waals surface area contributed by atoms with Crippen LogP contribution in [0.2, 0.25) is 0 Å². The zero-order valence-corrected chi connectivity index (χ0v) is 12.6. The summed E-state index contributed by atoms with van der Waals surface area (Å²) in [5.41, 5.74) is -0.114. The molecule has 1 rings (SSSR count). The summed E-state index contributed by atoms with van der Waals surface area (Å²) in [6.45, 7) is 1.77. The van der Waals surface area contributed by atoms with Gasteiger partial charge in [0.05, 0.1) is 11.3 Å². The van der Waals surface area contributed by atoms with E-state index in [4.69, 9.17) is 5.11 Å². The van der Waals surface area contributed by atoms with E-state index >= 15 is 0 Å². The Balaban J connectivity index is 2.66. The number of amides is 2. The van der Waals surface area contributed by atoms with Gasteiger partial charge in [0.15, 0.2) is 0 Å². The number of phenolic OH excluding ortho intramolecular Hbond substituents is 1. The highest BCUT2D eigenvalue weighted by atomic mass is 32.2. The summed E-state index contributed by atoms with van der Waals surface area (Å²) in [6.07, 6.45) is 2.14. The van der Waals surface area contributed by atoms with Gasteiger partial charge >= 0.3 is 12.0 Å². The minimum atomic E-state index is -1.25. The average molecular weight is 314 g/mol. The fourth-order valence-electron chi connectivity index (χ4n) is 1.62. The highest BCUT2D eigenvalue weighted by Gasteiger charge is 2.14. The Morgan fingerprint density at radius 2 is 2.05 bits per heavy atom. The zero-order chi connectivity index (χ0) is 16.0. The Bertz CT molecular complexity index is 561. The van der Waals surface area contributed by atoms with Gasteiger partial charge in [0.1, 0.15) is 5.75 Å². The van der Waals surface area contributed by atoms with Gasteiger partial charge in [0, 0.05) is 28.9 Å². The average Bonchev–Trinajstić information content (AvgIpc) is 2.38. The number of aromatic carboxylic acids is 1. The number of carbonyl (C=O) groups excluding carboxylic acids is 1. The van der Waals surface area contributed by atoms with Crippen molar-refractivity contribution in [1.29, 1.82) is 0 Å². The number of urea groups is 1. The van der Waals surface area contributed by atoms with Crippen LogP contribution in [0, 0.1) is 0 Å². The molecular formula is C13H18N2O5S. The van der Waals surface area contributed by atoms with Gasteiger partial charge in [-0.3, -0.25) is 4.21 Å². The van der Waals surface area contributed by atoms with Gasteiger partial charge < -0.3 is 20.8 Å². The lowest BCUT2D eigenvalue weighted by Crippen LogP contribution is -2.37. The number of nitrogens with one attached hydrogen (secondary N) is 2. The highest BCUT2D eigenvalue weighted by molar-refractivity contribution is 7.84. The number of carboxylic acid groups (broad SMARTS) is 1. The van der Waals surface area contributed by atoms with E-state index in [0.717, 1.165) is 6.07 Å². The summed E-state index contributed by atoms with van der Waals surface area (Å²) >= 11 is 0. The van der Waals surface area contributed by atoms with Crippen LogP contribution in [-0.4, -0.2) is 44.5 Å². The lowest BCUT2D eigenvalue weighted by Gasteiger charge is -2.15. The molecule has 0 radical (unpaired) electrons. The number of anilines is 1. The number of carbonyl (C=O) groups is 2. The van der Waals surface area contributed by atoms with Crippen LogP contribution in [0.1, 0.15) is 23.7 Å². The molecule has 0 heterocycles. The molecule has 4 N–H and O–H groups in total. The normalized spacial score (nSPS) is 13.2. The molecule has 2 atom stereocenters. The number of aromatic hydroxyl groups is 1. The molecule has 0 aromatic heterocycles. The third-order valence-electron chi connectivity index (χ3n) is 2.70. The summed E-state index contributed by atoms with van der Waals surface area (Å²) in [7, 11) is -0.929. The molecule has 2 unspecified atom stereocenters. The van der Waals surface area contributed by atoms with Gasteiger partial charge in [-0.05, 0) is 31.5 Å². The Morgan fingerprint density at radius 3 is 2.62 bits per heavy atom. The van der Waals surface area contributed by atoms with E-state index in [0.29, 0.717) is 12.2 Å². The second-order valence-electron chi connectivity index (χ2n) is 4.60. The van der Waals surface area contributed by atoms with Gasteiger partial charge in [0.2, 0.25) is 0 Å². The van der Waals surface area contributed by atoms with Crippen molar-refractivity contribution in [3.05, 3.63) is 23.8 Å². The highest BCUT2D eigenvalue weighted by Crippen LogP contribution is 2.21. The molecule has 0 saturated heterocycles. The molecule has 0 saturated carbocycles. The zero-order valence-electron chi connectivity index (χ0n) is 11.8. The van der Waals surface area contributed by atoms with Crippen LogP contribution in [0.25, 0.3) is 0 Å². The maximum absolute atomic E-state index is 11.8. The monoisotopic (exact) mass is 314 g/mol. The first kappa shape index (κ1) is 17.0. The summed E-state index contributed by atoms with van der Waals surface area (Å²) < 4.78 is 11.0. The van der Waals surface area contributed by atoms with Crippen LogP contribution in [-0.2, 0) is 10.8 Å². The van der Waals surface area contributed by atoms with E-state index < -0.39 is 22.8 Å². The number of benzene rings is 1. The minimum absolute atomic E-state index is 0.0871. The smallest absolute Gasteiger partial charge is 0.337 e. The number of hydrogen-bond donors (Lipinski definition) is 4. The predicted octanol–water partition coefficient (Wildman–Crippen LogP) is 1.37. The summed E-state index contributed by atoms with van der Waals surface area (Å²) in [5.74, 6) is -0.978. The van der Waals surface area contributed by atoms with Crippen molar-refractivity contribution >= 4 is 28.5 Å². The molecule has 116 valence electrons. The quantitative estimate of drug-likeness (QED) is 0.592. The first-order valence-corrected chi connectivity index (χ1v) is 7.96. The van der Waals surface area contributed by atoms with Crippen molar-refractivity contribution in [3.8, 4) is 5.75 Å². The Kier molecular flexibility index (Phi) is 6.16. The van der Waals surface area contributed by atoms with Crippen molar-refractivity contribution in [3.63, 3.8) is 0 Å². The van der Waals surface area contributed by atoms with E-state index in [1.54, 1.807) is 13.2 Å². The molecule has 1 aromatic rings. The fourth-order valence-corrected chi connectivity index (χ4v) is 2.30. The second kappa shape index (κ2) is 7.63. The summed E-state index contributed by atoms with van der Waals surface area (Å²) in [4.78, 5) is 22.8. The van der Waals surface area contributed by atoms with E-state index in [-0.39, 0.29) is 23.0 Å². The van der Waals surface area contributed by atoms with E-state index in [1.807, 2.05) is 0 Å². The van der Waals surface area contributed by atoms with Crippen LogP contribution < -0.4 is 10.6 Å².